The van der Waals surface area contributed by atoms with Gasteiger partial charge in [-0.3, -0.25) is 9.59 Å². The first kappa shape index (κ1) is 16.2. The van der Waals surface area contributed by atoms with Crippen molar-refractivity contribution in [1.82, 2.24) is 14.9 Å². The number of benzene rings is 1. The number of carbonyl (C=O) groups excluding carboxylic acids is 1. The van der Waals surface area contributed by atoms with E-state index in [1.54, 1.807) is 11.0 Å². The third-order valence-electron chi connectivity index (χ3n) is 3.67. The lowest BCUT2D eigenvalue weighted by Gasteiger charge is -2.26. The van der Waals surface area contributed by atoms with Crippen LogP contribution in [0.3, 0.4) is 0 Å². The van der Waals surface area contributed by atoms with E-state index >= 15 is 0 Å². The molecule has 0 atom stereocenters. The van der Waals surface area contributed by atoms with Gasteiger partial charge in [-0.2, -0.15) is 0 Å². The highest BCUT2D eigenvalue weighted by atomic mass is 16.2. The molecule has 0 unspecified atom stereocenters. The van der Waals surface area contributed by atoms with Gasteiger partial charge in [0.15, 0.2) is 0 Å². The van der Waals surface area contributed by atoms with Crippen molar-refractivity contribution >= 4 is 16.8 Å². The molecular weight excluding hydrogens is 278 g/mol. The number of hydrogen-bond donors (Lipinski definition) is 1. The molecule has 0 bridgehead atoms. The highest BCUT2D eigenvalue weighted by Gasteiger charge is 2.18. The number of para-hydroxylation sites is 1. The predicted octanol–water partition coefficient (Wildman–Crippen LogP) is 2.85. The third kappa shape index (κ3) is 3.72. The molecule has 2 aromatic rings. The number of hydrogen-bond acceptors (Lipinski definition) is 3. The van der Waals surface area contributed by atoms with Gasteiger partial charge in [0.05, 0.1) is 17.4 Å². The Morgan fingerprint density at radius 3 is 2.73 bits per heavy atom. The minimum Gasteiger partial charge on any atom is -0.333 e. The van der Waals surface area contributed by atoms with Gasteiger partial charge in [0, 0.05) is 12.5 Å². The van der Waals surface area contributed by atoms with E-state index in [1.807, 2.05) is 32.0 Å². The monoisotopic (exact) mass is 301 g/mol. The van der Waals surface area contributed by atoms with Crippen LogP contribution >= 0.6 is 0 Å². The highest BCUT2D eigenvalue weighted by molar-refractivity contribution is 5.78. The number of amides is 1. The van der Waals surface area contributed by atoms with Crippen LogP contribution in [0, 0.1) is 0 Å². The van der Waals surface area contributed by atoms with E-state index in [9.17, 15) is 9.59 Å². The van der Waals surface area contributed by atoms with Gasteiger partial charge in [-0.25, -0.2) is 4.98 Å². The first-order valence-corrected chi connectivity index (χ1v) is 7.80. The van der Waals surface area contributed by atoms with Crippen LogP contribution in [0.15, 0.2) is 29.1 Å². The summed E-state index contributed by atoms with van der Waals surface area (Å²) in [4.78, 5) is 33.4. The number of carbonyl (C=O) groups is 1. The van der Waals surface area contributed by atoms with Crippen molar-refractivity contribution in [3.8, 4) is 0 Å². The lowest BCUT2D eigenvalue weighted by molar-refractivity contribution is -0.133. The standard InChI is InChI=1S/C17H23N3O2/c1-4-5-10-16(21)20(12(2)3)11-15-18-14-9-7-6-8-13(14)17(22)19-15/h6-9,12H,4-5,10-11H2,1-3H3,(H,18,19,22). The molecule has 5 nitrogen and oxygen atoms in total. The normalized spacial score (nSPS) is 11.1. The SMILES string of the molecule is CCCCC(=O)N(Cc1nc2ccccc2c(=O)[nH]1)C(C)C. The smallest absolute Gasteiger partial charge is 0.258 e. The lowest BCUT2D eigenvalue weighted by atomic mass is 10.2. The number of rotatable bonds is 6. The molecule has 118 valence electrons. The van der Waals surface area contributed by atoms with Crippen LogP contribution in [0.2, 0.25) is 0 Å². The van der Waals surface area contributed by atoms with Gasteiger partial charge < -0.3 is 9.88 Å². The van der Waals surface area contributed by atoms with E-state index in [1.165, 1.54) is 0 Å². The van der Waals surface area contributed by atoms with Crippen molar-refractivity contribution < 1.29 is 4.79 Å². The summed E-state index contributed by atoms with van der Waals surface area (Å²) in [5.41, 5.74) is 0.497. The Morgan fingerprint density at radius 1 is 1.32 bits per heavy atom. The second-order valence-electron chi connectivity index (χ2n) is 5.75. The second-order valence-corrected chi connectivity index (χ2v) is 5.75. The third-order valence-corrected chi connectivity index (χ3v) is 3.67. The fraction of sp³-hybridized carbons (Fsp3) is 0.471. The van der Waals surface area contributed by atoms with E-state index < -0.39 is 0 Å². The maximum absolute atomic E-state index is 12.3. The van der Waals surface area contributed by atoms with E-state index in [4.69, 9.17) is 0 Å². The molecule has 0 saturated heterocycles. The van der Waals surface area contributed by atoms with Crippen LogP contribution in [0.5, 0.6) is 0 Å². The molecule has 0 fully saturated rings. The Hall–Kier alpha value is -2.17. The van der Waals surface area contributed by atoms with Gasteiger partial charge in [0.25, 0.3) is 5.56 Å². The maximum Gasteiger partial charge on any atom is 0.258 e. The molecule has 22 heavy (non-hydrogen) atoms. The number of unbranched alkanes of at least 4 members (excludes halogenated alkanes) is 1. The van der Waals surface area contributed by atoms with Crippen molar-refractivity contribution in [2.45, 2.75) is 52.6 Å². The largest absolute Gasteiger partial charge is 0.333 e. The molecule has 5 heteroatoms. The number of nitrogens with zero attached hydrogens (tertiary/aromatic N) is 2. The molecule has 1 aromatic heterocycles. The predicted molar refractivity (Wildman–Crippen MR) is 87.6 cm³/mol. The summed E-state index contributed by atoms with van der Waals surface area (Å²) in [6, 6.07) is 7.30. The topological polar surface area (TPSA) is 66.1 Å². The summed E-state index contributed by atoms with van der Waals surface area (Å²) < 4.78 is 0. The average Bonchev–Trinajstić information content (AvgIpc) is 2.50. The minimum atomic E-state index is -0.162. The van der Waals surface area contributed by atoms with Crippen LogP contribution in [-0.2, 0) is 11.3 Å². The number of fused-ring (bicyclic) bond motifs is 1. The molecule has 0 spiro atoms. The van der Waals surface area contributed by atoms with Crippen LogP contribution < -0.4 is 5.56 Å². The number of nitrogens with one attached hydrogen (secondary N) is 1. The number of H-pyrrole nitrogens is 1. The Bertz CT molecular complexity index is 706. The van der Waals surface area contributed by atoms with Crippen molar-refractivity contribution in [1.29, 1.82) is 0 Å². The van der Waals surface area contributed by atoms with Gasteiger partial charge in [0.2, 0.25) is 5.91 Å². The molecule has 0 aliphatic rings. The first-order valence-electron chi connectivity index (χ1n) is 7.80. The second kappa shape index (κ2) is 7.20. The molecule has 0 aliphatic heterocycles. The average molecular weight is 301 g/mol. The van der Waals surface area contributed by atoms with Gasteiger partial charge in [-0.15, -0.1) is 0 Å². The van der Waals surface area contributed by atoms with Crippen LogP contribution in [0.25, 0.3) is 10.9 Å². The van der Waals surface area contributed by atoms with E-state index in [-0.39, 0.29) is 17.5 Å². The first-order chi connectivity index (χ1) is 10.5. The van der Waals surface area contributed by atoms with Gasteiger partial charge >= 0.3 is 0 Å². The van der Waals surface area contributed by atoms with E-state index in [2.05, 4.69) is 16.9 Å². The molecule has 0 radical (unpaired) electrons. The summed E-state index contributed by atoms with van der Waals surface area (Å²) in [5, 5.41) is 0.569. The zero-order valence-electron chi connectivity index (χ0n) is 13.4. The summed E-state index contributed by atoms with van der Waals surface area (Å²) in [6.07, 6.45) is 2.40. The van der Waals surface area contributed by atoms with Crippen molar-refractivity contribution in [3.63, 3.8) is 0 Å². The van der Waals surface area contributed by atoms with Crippen LogP contribution in [0.1, 0.15) is 45.9 Å². The molecule has 1 heterocycles. The van der Waals surface area contributed by atoms with Gasteiger partial charge in [-0.1, -0.05) is 25.5 Å². The zero-order chi connectivity index (χ0) is 16.1. The van der Waals surface area contributed by atoms with Crippen molar-refractivity contribution in [2.24, 2.45) is 0 Å². The molecular formula is C17H23N3O2. The Labute approximate surface area is 130 Å². The number of aromatic nitrogens is 2. The van der Waals surface area contributed by atoms with Crippen LogP contribution in [-0.4, -0.2) is 26.8 Å². The summed E-state index contributed by atoms with van der Waals surface area (Å²) >= 11 is 0. The fourth-order valence-electron chi connectivity index (χ4n) is 2.40. The molecule has 1 N–H and O–H groups in total. The van der Waals surface area contributed by atoms with Gasteiger partial charge in [0.1, 0.15) is 5.82 Å². The zero-order valence-corrected chi connectivity index (χ0v) is 13.4. The highest BCUT2D eigenvalue weighted by Crippen LogP contribution is 2.11. The lowest BCUT2D eigenvalue weighted by Crippen LogP contribution is -2.37. The summed E-state index contributed by atoms with van der Waals surface area (Å²) in [6.45, 7) is 6.35. The van der Waals surface area contributed by atoms with Crippen molar-refractivity contribution in [3.05, 3.63) is 40.4 Å². The molecule has 0 aliphatic carbocycles. The van der Waals surface area contributed by atoms with Gasteiger partial charge in [-0.05, 0) is 32.4 Å². The van der Waals surface area contributed by atoms with Crippen LogP contribution in [0.4, 0.5) is 0 Å². The molecule has 2 rings (SSSR count). The quantitative estimate of drug-likeness (QED) is 0.892. The number of aromatic amines is 1. The van der Waals surface area contributed by atoms with E-state index in [0.717, 1.165) is 12.8 Å². The van der Waals surface area contributed by atoms with E-state index in [0.29, 0.717) is 29.7 Å². The Balaban J connectivity index is 2.26. The maximum atomic E-state index is 12.3. The minimum absolute atomic E-state index is 0.0705. The molecule has 0 saturated carbocycles. The molecule has 1 aromatic carbocycles. The Morgan fingerprint density at radius 2 is 2.05 bits per heavy atom. The Kier molecular flexibility index (Phi) is 5.31. The van der Waals surface area contributed by atoms with Crippen molar-refractivity contribution in [2.75, 3.05) is 0 Å². The summed E-state index contributed by atoms with van der Waals surface area (Å²) in [7, 11) is 0. The fourth-order valence-corrected chi connectivity index (χ4v) is 2.40. The summed E-state index contributed by atoms with van der Waals surface area (Å²) in [5.74, 6) is 0.634. The molecule has 1 amide bonds.